The topological polar surface area (TPSA) is 128 Å². The Balaban J connectivity index is 1.82. The molecule has 0 radical (unpaired) electrons. The van der Waals surface area contributed by atoms with Crippen molar-refractivity contribution in [3.8, 4) is 29.0 Å². The third kappa shape index (κ3) is 4.51. The molecular weight excluding hydrogens is 486 g/mol. The van der Waals surface area contributed by atoms with Crippen LogP contribution in [0.15, 0.2) is 48.8 Å². The van der Waals surface area contributed by atoms with Crippen molar-refractivity contribution in [2.45, 2.75) is 12.4 Å². The minimum absolute atomic E-state index is 0.0259. The third-order valence-corrected chi connectivity index (χ3v) is 4.61. The number of hydrogen-bond acceptors (Lipinski definition) is 7. The second-order valence-corrected chi connectivity index (χ2v) is 6.87. The van der Waals surface area contributed by atoms with Crippen LogP contribution in [-0.2, 0) is 12.4 Å². The van der Waals surface area contributed by atoms with E-state index in [0.717, 1.165) is 27.8 Å². The van der Waals surface area contributed by atoms with Gasteiger partial charge in [0.25, 0.3) is 5.69 Å². The summed E-state index contributed by atoms with van der Waals surface area (Å²) in [6.45, 7) is 0. The Labute approximate surface area is 189 Å². The summed E-state index contributed by atoms with van der Waals surface area (Å²) in [7, 11) is 0. The summed E-state index contributed by atoms with van der Waals surface area (Å²) in [4.78, 5) is 14.0. The molecule has 0 atom stereocenters. The van der Waals surface area contributed by atoms with E-state index in [1.54, 1.807) is 6.07 Å². The number of hydrogen-bond donors (Lipinski definition) is 0. The van der Waals surface area contributed by atoms with Gasteiger partial charge in [-0.3, -0.25) is 10.1 Å². The Bertz CT molecular complexity index is 1430. The minimum Gasteiger partial charge on any atom is -0.258 e. The van der Waals surface area contributed by atoms with Crippen LogP contribution in [0.2, 0.25) is 0 Å². The second-order valence-electron chi connectivity index (χ2n) is 6.87. The van der Waals surface area contributed by atoms with Gasteiger partial charge in [-0.05, 0) is 30.3 Å². The van der Waals surface area contributed by atoms with E-state index in [-0.39, 0.29) is 29.0 Å². The first-order valence-electron chi connectivity index (χ1n) is 9.21. The smallest absolute Gasteiger partial charge is 0.258 e. The van der Waals surface area contributed by atoms with Crippen molar-refractivity contribution in [2.24, 2.45) is 0 Å². The fraction of sp³-hybridized carbons (Fsp3) is 0.105. The summed E-state index contributed by atoms with van der Waals surface area (Å²) in [6, 6.07) is 7.52. The van der Waals surface area contributed by atoms with Crippen molar-refractivity contribution in [3.05, 3.63) is 75.7 Å². The summed E-state index contributed by atoms with van der Waals surface area (Å²) >= 11 is 0. The molecule has 4 aromatic rings. The van der Waals surface area contributed by atoms with Crippen LogP contribution in [-0.4, -0.2) is 34.7 Å². The number of halogens is 6. The van der Waals surface area contributed by atoms with Crippen LogP contribution in [0.3, 0.4) is 0 Å². The zero-order valence-corrected chi connectivity index (χ0v) is 16.8. The summed E-state index contributed by atoms with van der Waals surface area (Å²) in [5.74, 6) is -0.648. The average molecular weight is 494 g/mol. The highest BCUT2D eigenvalue weighted by Crippen LogP contribution is 2.38. The van der Waals surface area contributed by atoms with E-state index in [1.165, 1.54) is 12.1 Å². The maximum absolute atomic E-state index is 13.2. The van der Waals surface area contributed by atoms with Crippen LogP contribution in [0, 0.1) is 21.4 Å². The fourth-order valence-electron chi connectivity index (χ4n) is 3.03. The number of rotatable bonds is 4. The molecular formula is C19H8F6N8O2. The largest absolute Gasteiger partial charge is 0.416 e. The molecule has 35 heavy (non-hydrogen) atoms. The van der Waals surface area contributed by atoms with E-state index in [2.05, 4.69) is 20.4 Å². The number of alkyl halides is 6. The van der Waals surface area contributed by atoms with E-state index in [0.29, 0.717) is 12.1 Å². The van der Waals surface area contributed by atoms with Gasteiger partial charge in [0.1, 0.15) is 12.4 Å². The Kier molecular flexibility index (Phi) is 5.47. The van der Waals surface area contributed by atoms with Gasteiger partial charge in [0.05, 0.1) is 21.7 Å². The maximum atomic E-state index is 13.2. The molecule has 0 amide bonds. The monoisotopic (exact) mass is 494 g/mol. The first-order chi connectivity index (χ1) is 16.4. The van der Waals surface area contributed by atoms with Crippen LogP contribution in [0.1, 0.15) is 16.8 Å². The molecule has 0 saturated heterocycles. The highest BCUT2D eigenvalue weighted by molar-refractivity contribution is 5.59. The van der Waals surface area contributed by atoms with E-state index >= 15 is 0 Å². The molecule has 10 nitrogen and oxygen atoms in total. The Morgan fingerprint density at radius 3 is 2.09 bits per heavy atom. The van der Waals surface area contributed by atoms with Gasteiger partial charge in [-0.2, -0.15) is 41.0 Å². The van der Waals surface area contributed by atoms with Crippen LogP contribution >= 0.6 is 0 Å². The van der Waals surface area contributed by atoms with Crippen molar-refractivity contribution >= 4 is 5.69 Å². The van der Waals surface area contributed by atoms with Crippen LogP contribution in [0.5, 0.6) is 0 Å². The molecule has 0 aliphatic carbocycles. The van der Waals surface area contributed by atoms with Gasteiger partial charge in [-0.1, -0.05) is 5.21 Å². The lowest BCUT2D eigenvalue weighted by Crippen LogP contribution is -2.11. The van der Waals surface area contributed by atoms with Crippen LogP contribution in [0.25, 0.3) is 22.9 Å². The first-order valence-corrected chi connectivity index (χ1v) is 9.21. The number of benzene rings is 2. The summed E-state index contributed by atoms with van der Waals surface area (Å²) in [5, 5.41) is 31.6. The van der Waals surface area contributed by atoms with E-state index in [9.17, 15) is 41.7 Å². The van der Waals surface area contributed by atoms with Crippen LogP contribution < -0.4 is 0 Å². The molecule has 0 bridgehead atoms. The molecule has 0 spiro atoms. The van der Waals surface area contributed by atoms with Crippen LogP contribution in [0.4, 0.5) is 32.0 Å². The third-order valence-electron chi connectivity index (χ3n) is 4.61. The van der Waals surface area contributed by atoms with Gasteiger partial charge < -0.3 is 0 Å². The molecule has 4 rings (SSSR count). The minimum atomic E-state index is -5.06. The van der Waals surface area contributed by atoms with Gasteiger partial charge in [0.15, 0.2) is 11.6 Å². The first kappa shape index (κ1) is 23.4. The van der Waals surface area contributed by atoms with Gasteiger partial charge >= 0.3 is 12.4 Å². The van der Waals surface area contributed by atoms with Gasteiger partial charge in [0.2, 0.25) is 5.69 Å². The molecule has 2 aromatic carbocycles. The van der Waals surface area contributed by atoms with Crippen molar-refractivity contribution in [2.75, 3.05) is 0 Å². The average Bonchev–Trinajstić information content (AvgIpc) is 3.44. The molecule has 178 valence electrons. The second kappa shape index (κ2) is 8.20. The molecule has 0 fully saturated rings. The Morgan fingerprint density at radius 2 is 1.57 bits per heavy atom. The lowest BCUT2D eigenvalue weighted by Gasteiger charge is -2.13. The number of non-ortho nitro benzene ring substituents is 1. The molecule has 0 unspecified atom stereocenters. The van der Waals surface area contributed by atoms with E-state index in [1.807, 2.05) is 0 Å². The molecule has 16 heteroatoms. The van der Waals surface area contributed by atoms with Crippen molar-refractivity contribution in [1.82, 2.24) is 29.8 Å². The lowest BCUT2D eigenvalue weighted by molar-refractivity contribution is -0.384. The SMILES string of the molecule is N#Cc1nnn(-c2ccc([N+](=O)[O-])cc2)c1-n1cnc(-c2cc(C(F)(F)F)cc(C(F)(F)F)c2)n1. The summed E-state index contributed by atoms with van der Waals surface area (Å²) in [6.07, 6.45) is -9.18. The summed E-state index contributed by atoms with van der Waals surface area (Å²) < 4.78 is 81.1. The van der Waals surface area contributed by atoms with E-state index < -0.39 is 39.8 Å². The highest BCUT2D eigenvalue weighted by Gasteiger charge is 2.37. The normalized spacial score (nSPS) is 11.9. The van der Waals surface area contributed by atoms with E-state index in [4.69, 9.17) is 0 Å². The summed E-state index contributed by atoms with van der Waals surface area (Å²) in [5.41, 5.74) is -4.00. The highest BCUT2D eigenvalue weighted by atomic mass is 19.4. The predicted molar refractivity (Wildman–Crippen MR) is 103 cm³/mol. The van der Waals surface area contributed by atoms with Gasteiger partial charge in [-0.15, -0.1) is 10.2 Å². The Hall–Kier alpha value is -4.81. The molecule has 0 aliphatic heterocycles. The fourth-order valence-corrected chi connectivity index (χ4v) is 3.03. The quantitative estimate of drug-likeness (QED) is 0.235. The number of nitriles is 1. The zero-order valence-electron chi connectivity index (χ0n) is 16.8. The lowest BCUT2D eigenvalue weighted by atomic mass is 10.0. The molecule has 0 saturated carbocycles. The molecule has 0 aliphatic rings. The van der Waals surface area contributed by atoms with Gasteiger partial charge in [0, 0.05) is 17.7 Å². The number of nitrogens with zero attached hydrogens (tertiary/aromatic N) is 8. The molecule has 2 aromatic heterocycles. The van der Waals surface area contributed by atoms with Crippen molar-refractivity contribution in [3.63, 3.8) is 0 Å². The predicted octanol–water partition coefficient (Wildman–Crippen LogP) is 4.33. The van der Waals surface area contributed by atoms with Crippen molar-refractivity contribution in [1.29, 1.82) is 5.26 Å². The van der Waals surface area contributed by atoms with Gasteiger partial charge in [-0.25, -0.2) is 4.98 Å². The number of nitro benzene ring substituents is 1. The maximum Gasteiger partial charge on any atom is 0.416 e. The Morgan fingerprint density at radius 1 is 0.971 bits per heavy atom. The number of nitro groups is 1. The van der Waals surface area contributed by atoms with Crippen molar-refractivity contribution < 1.29 is 31.3 Å². The number of aromatic nitrogens is 6. The standard InChI is InChI=1S/C19H8F6N8O2/c20-18(21,22)11-5-10(6-12(7-11)19(23,24)25)16-27-9-31(29-16)17-15(8-26)28-30-32(17)13-1-3-14(4-2-13)33(34)35/h1-7,9H. The molecule has 0 N–H and O–H groups in total. The zero-order chi connectivity index (χ0) is 25.5. The molecule has 2 heterocycles.